The molecule has 1 unspecified atom stereocenters. The van der Waals surface area contributed by atoms with Gasteiger partial charge in [-0.2, -0.15) is 5.10 Å². The zero-order valence-electron chi connectivity index (χ0n) is 16.4. The van der Waals surface area contributed by atoms with Gasteiger partial charge in [-0.05, 0) is 31.8 Å². The van der Waals surface area contributed by atoms with Crippen molar-refractivity contribution in [2.45, 2.75) is 31.8 Å². The van der Waals surface area contributed by atoms with Crippen molar-refractivity contribution in [2.75, 3.05) is 44.8 Å². The molecule has 9 heteroatoms. The van der Waals surface area contributed by atoms with E-state index in [1.165, 1.54) is 5.57 Å². The molecule has 2 fully saturated rings. The lowest BCUT2D eigenvalue weighted by Crippen LogP contribution is -2.37. The topological polar surface area (TPSA) is 108 Å². The third kappa shape index (κ3) is 3.98. The maximum atomic E-state index is 12.4. The van der Waals surface area contributed by atoms with Crippen LogP contribution in [0, 0.1) is 0 Å². The Morgan fingerprint density at radius 2 is 2.17 bits per heavy atom. The summed E-state index contributed by atoms with van der Waals surface area (Å²) in [6.45, 7) is 5.20. The number of nitrogens with one attached hydrogen (secondary N) is 3. The summed E-state index contributed by atoms with van der Waals surface area (Å²) in [5.74, 6) is 0.563. The third-order valence-electron chi connectivity index (χ3n) is 5.73. The fourth-order valence-electron chi connectivity index (χ4n) is 4.13. The smallest absolute Gasteiger partial charge is 0.253 e. The van der Waals surface area contributed by atoms with Gasteiger partial charge in [0.2, 0.25) is 0 Å². The average Bonchev–Trinajstić information content (AvgIpc) is 3.48. The molecule has 1 atom stereocenters. The van der Waals surface area contributed by atoms with Gasteiger partial charge in [-0.1, -0.05) is 5.57 Å². The number of fused-ring (bicyclic) bond motifs is 1. The first-order valence-corrected chi connectivity index (χ1v) is 10.3. The zero-order chi connectivity index (χ0) is 19.6. The van der Waals surface area contributed by atoms with E-state index in [-0.39, 0.29) is 12.0 Å². The van der Waals surface area contributed by atoms with Crippen molar-refractivity contribution in [3.63, 3.8) is 0 Å². The van der Waals surface area contributed by atoms with Crippen LogP contribution in [0.3, 0.4) is 0 Å². The number of morpholine rings is 1. The maximum Gasteiger partial charge on any atom is 0.253 e. The quantitative estimate of drug-likeness (QED) is 0.706. The van der Waals surface area contributed by atoms with E-state index in [2.05, 4.69) is 31.5 Å². The molecule has 3 aliphatic rings. The van der Waals surface area contributed by atoms with Crippen LogP contribution in [0.4, 0.5) is 5.69 Å². The van der Waals surface area contributed by atoms with Gasteiger partial charge in [-0.25, -0.2) is 4.98 Å². The molecule has 3 N–H and O–H groups in total. The number of carbonyl (C=O) groups is 1. The normalized spacial score (nSPS) is 22.3. The second-order valence-corrected chi connectivity index (χ2v) is 7.79. The lowest BCUT2D eigenvalue weighted by atomic mass is 9.99. The summed E-state index contributed by atoms with van der Waals surface area (Å²) in [5.41, 5.74) is 4.80. The van der Waals surface area contributed by atoms with Gasteiger partial charge in [0.25, 0.3) is 5.91 Å². The van der Waals surface area contributed by atoms with Gasteiger partial charge in [0, 0.05) is 31.9 Å². The van der Waals surface area contributed by atoms with Crippen molar-refractivity contribution >= 4 is 17.7 Å². The standard InChI is InChI=1S/C20H26N6O3/c27-20(17-2-1-7-29-17)24-16-11-21-25-18(16)19-22-14-4-3-13(10-15(14)23-19)12-26-5-8-28-9-6-26/h10-11,17H,1-9,12H2,(H,21,25)(H,22,23)(H,24,27). The van der Waals surface area contributed by atoms with Crippen LogP contribution >= 0.6 is 0 Å². The second kappa shape index (κ2) is 8.10. The largest absolute Gasteiger partial charge is 0.379 e. The number of carbonyl (C=O) groups excluding carboxylic acids is 1. The molecular weight excluding hydrogens is 372 g/mol. The van der Waals surface area contributed by atoms with Gasteiger partial charge >= 0.3 is 0 Å². The number of hydrogen-bond acceptors (Lipinski definition) is 6. The summed E-state index contributed by atoms with van der Waals surface area (Å²) in [4.78, 5) is 23.0. The van der Waals surface area contributed by atoms with E-state index < -0.39 is 0 Å². The molecule has 0 spiro atoms. The molecule has 2 saturated heterocycles. The van der Waals surface area contributed by atoms with Crippen LogP contribution in [0.25, 0.3) is 17.6 Å². The average molecular weight is 398 g/mol. The van der Waals surface area contributed by atoms with Gasteiger partial charge in [0.1, 0.15) is 11.8 Å². The predicted molar refractivity (Wildman–Crippen MR) is 107 cm³/mol. The number of aromatic amines is 2. The SMILES string of the molecule is O=C(Nc1cn[nH]c1-c1nc2c([nH]1)CCC(CN1CCOCC1)=C2)C1CCCO1. The number of nitrogens with zero attached hydrogens (tertiary/aromatic N) is 3. The van der Waals surface area contributed by atoms with Gasteiger partial charge in [0.15, 0.2) is 5.82 Å². The summed E-state index contributed by atoms with van der Waals surface area (Å²) in [6.07, 6.45) is 7.05. The van der Waals surface area contributed by atoms with Crippen LogP contribution in [-0.4, -0.2) is 76.5 Å². The lowest BCUT2D eigenvalue weighted by molar-refractivity contribution is -0.124. The highest BCUT2D eigenvalue weighted by Gasteiger charge is 2.26. The molecule has 2 aromatic rings. The van der Waals surface area contributed by atoms with E-state index in [4.69, 9.17) is 14.5 Å². The van der Waals surface area contributed by atoms with Gasteiger partial charge in [-0.15, -0.1) is 0 Å². The zero-order valence-corrected chi connectivity index (χ0v) is 16.4. The molecule has 9 nitrogen and oxygen atoms in total. The molecule has 1 amide bonds. The van der Waals surface area contributed by atoms with Gasteiger partial charge in [0.05, 0.1) is 30.8 Å². The lowest BCUT2D eigenvalue weighted by Gasteiger charge is -2.28. The van der Waals surface area contributed by atoms with E-state index in [1.54, 1.807) is 6.20 Å². The van der Waals surface area contributed by atoms with Crippen LogP contribution in [0.5, 0.6) is 0 Å². The molecule has 5 rings (SSSR count). The number of ether oxygens (including phenoxy) is 2. The summed E-state index contributed by atoms with van der Waals surface area (Å²) in [5, 5.41) is 9.99. The molecule has 0 aromatic carbocycles. The monoisotopic (exact) mass is 398 g/mol. The maximum absolute atomic E-state index is 12.4. The molecule has 0 radical (unpaired) electrons. The fourth-order valence-corrected chi connectivity index (χ4v) is 4.13. The number of aryl methyl sites for hydroxylation is 1. The molecule has 1 aliphatic carbocycles. The number of anilines is 1. The number of amides is 1. The minimum absolute atomic E-state index is 0.130. The van der Waals surface area contributed by atoms with E-state index in [0.717, 1.165) is 69.9 Å². The third-order valence-corrected chi connectivity index (χ3v) is 5.73. The number of hydrogen-bond donors (Lipinski definition) is 3. The Morgan fingerprint density at radius 1 is 1.28 bits per heavy atom. The molecule has 154 valence electrons. The van der Waals surface area contributed by atoms with Crippen LogP contribution in [0.2, 0.25) is 0 Å². The highest BCUT2D eigenvalue weighted by atomic mass is 16.5. The first-order valence-electron chi connectivity index (χ1n) is 10.3. The van der Waals surface area contributed by atoms with E-state index in [9.17, 15) is 4.79 Å². The molecule has 0 bridgehead atoms. The summed E-state index contributed by atoms with van der Waals surface area (Å²) >= 11 is 0. The number of aromatic nitrogens is 4. The Morgan fingerprint density at radius 3 is 3.00 bits per heavy atom. The molecule has 29 heavy (non-hydrogen) atoms. The first-order chi connectivity index (χ1) is 14.3. The van der Waals surface area contributed by atoms with Crippen molar-refractivity contribution in [1.82, 2.24) is 25.1 Å². The Hall–Kier alpha value is -2.49. The van der Waals surface area contributed by atoms with Crippen molar-refractivity contribution in [1.29, 1.82) is 0 Å². The highest BCUT2D eigenvalue weighted by Crippen LogP contribution is 2.29. The minimum Gasteiger partial charge on any atom is -0.379 e. The summed E-state index contributed by atoms with van der Waals surface area (Å²) < 4.78 is 10.9. The molecule has 2 aliphatic heterocycles. The summed E-state index contributed by atoms with van der Waals surface area (Å²) in [6, 6.07) is 0. The van der Waals surface area contributed by atoms with Crippen LogP contribution in [0.15, 0.2) is 11.8 Å². The molecule has 4 heterocycles. The van der Waals surface area contributed by atoms with Crippen molar-refractivity contribution in [2.24, 2.45) is 0 Å². The van der Waals surface area contributed by atoms with Crippen LogP contribution in [-0.2, 0) is 20.7 Å². The predicted octanol–water partition coefficient (Wildman–Crippen LogP) is 1.58. The highest BCUT2D eigenvalue weighted by molar-refractivity contribution is 5.96. The Balaban J connectivity index is 1.31. The Kier molecular flexibility index (Phi) is 5.17. The van der Waals surface area contributed by atoms with Crippen LogP contribution in [0.1, 0.15) is 30.7 Å². The number of H-pyrrole nitrogens is 2. The Labute approximate surface area is 168 Å². The molecule has 0 saturated carbocycles. The number of rotatable bonds is 5. The van der Waals surface area contributed by atoms with Gasteiger partial charge < -0.3 is 19.8 Å². The van der Waals surface area contributed by atoms with E-state index in [1.807, 2.05) is 0 Å². The number of imidazole rings is 1. The molecular formula is C20H26N6O3. The first kappa shape index (κ1) is 18.5. The minimum atomic E-state index is -0.381. The fraction of sp³-hybridized carbons (Fsp3) is 0.550. The Bertz CT molecular complexity index is 905. The van der Waals surface area contributed by atoms with Crippen LogP contribution < -0.4 is 5.32 Å². The van der Waals surface area contributed by atoms with Gasteiger partial charge in [-0.3, -0.25) is 14.8 Å². The second-order valence-electron chi connectivity index (χ2n) is 7.79. The van der Waals surface area contributed by atoms with E-state index >= 15 is 0 Å². The van der Waals surface area contributed by atoms with Crippen molar-refractivity contribution < 1.29 is 14.3 Å². The van der Waals surface area contributed by atoms with Crippen molar-refractivity contribution in [3.8, 4) is 11.5 Å². The van der Waals surface area contributed by atoms with E-state index in [0.29, 0.717) is 23.8 Å². The van der Waals surface area contributed by atoms with Crippen molar-refractivity contribution in [3.05, 3.63) is 23.2 Å². The summed E-state index contributed by atoms with van der Waals surface area (Å²) in [7, 11) is 0. The molecule has 2 aromatic heterocycles.